The van der Waals surface area contributed by atoms with Gasteiger partial charge in [0.2, 0.25) is 0 Å². The molecule has 0 spiro atoms. The average Bonchev–Trinajstić information content (AvgIpc) is 2.34. The minimum atomic E-state index is -4.66. The number of hydrogen-bond acceptors (Lipinski definition) is 4. The molecule has 0 bridgehead atoms. The van der Waals surface area contributed by atoms with Crippen molar-refractivity contribution >= 4 is 17.6 Å². The number of aliphatic hydroxyl groups excluding tert-OH is 2. The zero-order chi connectivity index (χ0) is 14.8. The molecule has 8 heteroatoms. The van der Waals surface area contributed by atoms with Crippen LogP contribution in [0, 0.1) is 0 Å². The summed E-state index contributed by atoms with van der Waals surface area (Å²) in [5, 5.41) is 18.7. The number of carbonyl (C=O) groups excluding carboxylic acids is 1. The second-order valence-corrected chi connectivity index (χ2v) is 4.12. The Kier molecular flexibility index (Phi) is 4.78. The third kappa shape index (κ3) is 3.82. The molecule has 0 heterocycles. The van der Waals surface area contributed by atoms with Gasteiger partial charge in [-0.15, -0.1) is 0 Å². The summed E-state index contributed by atoms with van der Waals surface area (Å²) >= 11 is 5.51. The molecule has 0 amide bonds. The molecule has 0 saturated carbocycles. The molecule has 2 atom stereocenters. The van der Waals surface area contributed by atoms with Gasteiger partial charge in [-0.2, -0.15) is 13.2 Å². The SMILES string of the molecule is COC(=O)C(O)C(O)c1cc(Cl)cc(C(F)(F)F)c1. The number of carbonyl (C=O) groups is 1. The van der Waals surface area contributed by atoms with Crippen molar-refractivity contribution in [2.75, 3.05) is 7.11 Å². The number of aliphatic hydroxyl groups is 2. The third-order valence-electron chi connectivity index (χ3n) is 2.33. The van der Waals surface area contributed by atoms with Gasteiger partial charge in [-0.25, -0.2) is 4.79 Å². The largest absolute Gasteiger partial charge is 0.467 e. The number of ether oxygens (including phenoxy) is 1. The monoisotopic (exact) mass is 298 g/mol. The van der Waals surface area contributed by atoms with E-state index >= 15 is 0 Å². The molecule has 2 unspecified atom stereocenters. The first-order chi connectivity index (χ1) is 8.66. The van der Waals surface area contributed by atoms with E-state index in [2.05, 4.69) is 4.74 Å². The lowest BCUT2D eigenvalue weighted by Gasteiger charge is -2.17. The lowest BCUT2D eigenvalue weighted by molar-refractivity contribution is -0.156. The van der Waals surface area contributed by atoms with E-state index in [1.165, 1.54) is 0 Å². The summed E-state index contributed by atoms with van der Waals surface area (Å²) in [5.41, 5.74) is -1.43. The van der Waals surface area contributed by atoms with Gasteiger partial charge in [0.25, 0.3) is 0 Å². The van der Waals surface area contributed by atoms with Crippen LogP contribution in [0.3, 0.4) is 0 Å². The highest BCUT2D eigenvalue weighted by Crippen LogP contribution is 2.33. The van der Waals surface area contributed by atoms with Crippen LogP contribution >= 0.6 is 11.6 Å². The van der Waals surface area contributed by atoms with Crippen molar-refractivity contribution < 1.29 is 32.9 Å². The van der Waals surface area contributed by atoms with Gasteiger partial charge in [0.1, 0.15) is 6.10 Å². The van der Waals surface area contributed by atoms with Crippen molar-refractivity contribution in [3.8, 4) is 0 Å². The summed E-state index contributed by atoms with van der Waals surface area (Å²) in [5.74, 6) is -1.17. The normalized spacial score (nSPS) is 14.9. The second kappa shape index (κ2) is 5.77. The molecule has 0 aliphatic carbocycles. The first kappa shape index (κ1) is 15.7. The van der Waals surface area contributed by atoms with Crippen LogP contribution in [-0.2, 0) is 15.7 Å². The van der Waals surface area contributed by atoms with Gasteiger partial charge in [0, 0.05) is 5.02 Å². The topological polar surface area (TPSA) is 66.8 Å². The molecule has 1 aromatic carbocycles. The van der Waals surface area contributed by atoms with Crippen molar-refractivity contribution in [3.05, 3.63) is 34.3 Å². The molecule has 1 aromatic rings. The smallest absolute Gasteiger partial charge is 0.416 e. The van der Waals surface area contributed by atoms with E-state index in [0.29, 0.717) is 12.1 Å². The lowest BCUT2D eigenvalue weighted by atomic mass is 10.0. The summed E-state index contributed by atoms with van der Waals surface area (Å²) < 4.78 is 41.8. The Morgan fingerprint density at radius 1 is 1.32 bits per heavy atom. The van der Waals surface area contributed by atoms with Crippen LogP contribution in [0.1, 0.15) is 17.2 Å². The molecule has 0 fully saturated rings. The van der Waals surface area contributed by atoms with Crippen LogP contribution in [0.5, 0.6) is 0 Å². The zero-order valence-corrected chi connectivity index (χ0v) is 10.4. The van der Waals surface area contributed by atoms with Crippen LogP contribution in [0.4, 0.5) is 13.2 Å². The van der Waals surface area contributed by atoms with Crippen molar-refractivity contribution in [1.29, 1.82) is 0 Å². The van der Waals surface area contributed by atoms with E-state index in [4.69, 9.17) is 11.6 Å². The Bertz CT molecular complexity index is 475. The Hall–Kier alpha value is -1.31. The standard InChI is InChI=1S/C11H10ClF3O4/c1-19-10(18)9(17)8(16)5-2-6(11(13,14)15)4-7(12)3-5/h2-4,8-9,16-17H,1H3. The number of esters is 1. The molecule has 0 saturated heterocycles. The van der Waals surface area contributed by atoms with Crippen molar-refractivity contribution in [3.63, 3.8) is 0 Å². The van der Waals surface area contributed by atoms with Gasteiger partial charge in [0.15, 0.2) is 6.10 Å². The van der Waals surface area contributed by atoms with Crippen LogP contribution in [0.15, 0.2) is 18.2 Å². The van der Waals surface area contributed by atoms with Crippen molar-refractivity contribution in [2.45, 2.75) is 18.4 Å². The maximum Gasteiger partial charge on any atom is 0.416 e. The first-order valence-electron chi connectivity index (χ1n) is 4.98. The lowest BCUT2D eigenvalue weighted by Crippen LogP contribution is -2.29. The van der Waals surface area contributed by atoms with Gasteiger partial charge in [-0.1, -0.05) is 11.6 Å². The Labute approximate surface area is 111 Å². The molecule has 19 heavy (non-hydrogen) atoms. The number of hydrogen-bond donors (Lipinski definition) is 2. The summed E-state index contributed by atoms with van der Waals surface area (Å²) in [7, 11) is 0.970. The molecule has 0 radical (unpaired) electrons. The van der Waals surface area contributed by atoms with E-state index in [-0.39, 0.29) is 10.6 Å². The van der Waals surface area contributed by atoms with Gasteiger partial charge in [0.05, 0.1) is 12.7 Å². The van der Waals surface area contributed by atoms with E-state index < -0.39 is 29.9 Å². The highest BCUT2D eigenvalue weighted by molar-refractivity contribution is 6.30. The molecular weight excluding hydrogens is 289 g/mol. The van der Waals surface area contributed by atoms with E-state index in [9.17, 15) is 28.2 Å². The molecule has 0 aliphatic heterocycles. The molecule has 1 rings (SSSR count). The minimum absolute atomic E-state index is 0.277. The number of rotatable bonds is 3. The minimum Gasteiger partial charge on any atom is -0.467 e. The van der Waals surface area contributed by atoms with Crippen LogP contribution < -0.4 is 0 Å². The highest BCUT2D eigenvalue weighted by Gasteiger charge is 2.33. The second-order valence-electron chi connectivity index (χ2n) is 3.68. The maximum atomic E-state index is 12.5. The summed E-state index contributed by atoms with van der Waals surface area (Å²) in [6, 6.07) is 2.29. The summed E-state index contributed by atoms with van der Waals surface area (Å²) in [4.78, 5) is 11.0. The molecule has 2 N–H and O–H groups in total. The zero-order valence-electron chi connectivity index (χ0n) is 9.61. The predicted octanol–water partition coefficient (Wildman–Crippen LogP) is 1.93. The quantitative estimate of drug-likeness (QED) is 0.837. The number of methoxy groups -OCH3 is 1. The Balaban J connectivity index is 3.14. The van der Waals surface area contributed by atoms with Gasteiger partial charge in [-0.3, -0.25) is 0 Å². The Morgan fingerprint density at radius 2 is 1.89 bits per heavy atom. The van der Waals surface area contributed by atoms with E-state index in [1.54, 1.807) is 0 Å². The molecule has 4 nitrogen and oxygen atoms in total. The van der Waals surface area contributed by atoms with Crippen LogP contribution in [0.25, 0.3) is 0 Å². The van der Waals surface area contributed by atoms with Crippen LogP contribution in [-0.4, -0.2) is 29.4 Å². The Morgan fingerprint density at radius 3 is 2.37 bits per heavy atom. The fraction of sp³-hybridized carbons (Fsp3) is 0.364. The molecular formula is C11H10ClF3O4. The average molecular weight is 299 g/mol. The van der Waals surface area contributed by atoms with E-state index in [0.717, 1.165) is 13.2 Å². The molecule has 0 aliphatic rings. The van der Waals surface area contributed by atoms with Crippen molar-refractivity contribution in [1.82, 2.24) is 0 Å². The summed E-state index contributed by atoms with van der Waals surface area (Å²) in [6.45, 7) is 0. The van der Waals surface area contributed by atoms with Gasteiger partial charge >= 0.3 is 12.1 Å². The maximum absolute atomic E-state index is 12.5. The van der Waals surface area contributed by atoms with E-state index in [1.807, 2.05) is 0 Å². The van der Waals surface area contributed by atoms with Crippen molar-refractivity contribution in [2.24, 2.45) is 0 Å². The predicted molar refractivity (Wildman–Crippen MR) is 59.4 cm³/mol. The van der Waals surface area contributed by atoms with Crippen LogP contribution in [0.2, 0.25) is 5.02 Å². The molecule has 106 valence electrons. The third-order valence-corrected chi connectivity index (χ3v) is 2.55. The highest BCUT2D eigenvalue weighted by atomic mass is 35.5. The number of alkyl halides is 3. The van der Waals surface area contributed by atoms with Gasteiger partial charge in [-0.05, 0) is 23.8 Å². The molecule has 0 aromatic heterocycles. The number of benzene rings is 1. The summed E-state index contributed by atoms with van der Waals surface area (Å²) in [6.07, 6.45) is -8.52. The first-order valence-corrected chi connectivity index (χ1v) is 5.36. The number of halogens is 4. The fourth-order valence-corrected chi connectivity index (χ4v) is 1.62. The van der Waals surface area contributed by atoms with Gasteiger partial charge < -0.3 is 14.9 Å². The fourth-order valence-electron chi connectivity index (χ4n) is 1.38.